The summed E-state index contributed by atoms with van der Waals surface area (Å²) in [5, 5.41) is 0. The lowest BCUT2D eigenvalue weighted by Gasteiger charge is -2.24. The summed E-state index contributed by atoms with van der Waals surface area (Å²) < 4.78 is 75.1. The molecule has 0 aliphatic heterocycles. The van der Waals surface area contributed by atoms with Crippen molar-refractivity contribution >= 4 is 5.97 Å². The Labute approximate surface area is 139 Å². The number of ether oxygens (including phenoxy) is 2. The Morgan fingerprint density at radius 2 is 1.72 bits per heavy atom. The van der Waals surface area contributed by atoms with Crippen molar-refractivity contribution in [1.29, 1.82) is 0 Å². The second-order valence-electron chi connectivity index (χ2n) is 5.13. The first-order valence-electron chi connectivity index (χ1n) is 6.84. The van der Waals surface area contributed by atoms with Gasteiger partial charge in [0.05, 0.1) is 12.7 Å². The molecule has 0 radical (unpaired) electrons. The van der Waals surface area contributed by atoms with Gasteiger partial charge in [-0.05, 0) is 30.7 Å². The minimum atomic E-state index is -5.08. The van der Waals surface area contributed by atoms with Gasteiger partial charge in [0.15, 0.2) is 5.82 Å². The Balaban J connectivity index is 2.21. The number of esters is 1. The molecular weight excluding hydrogens is 349 g/mol. The first kappa shape index (κ1) is 18.6. The number of alkyl halides is 4. The normalized spacial score (nSPS) is 13.9. The molecule has 134 valence electrons. The summed E-state index contributed by atoms with van der Waals surface area (Å²) in [6.07, 6.45) is -4.06. The fourth-order valence-corrected chi connectivity index (χ4v) is 1.84. The summed E-state index contributed by atoms with van der Waals surface area (Å²) in [5.74, 6) is -2.33. The topological polar surface area (TPSA) is 48.4 Å². The number of nitrogens with zero attached hydrogens (tertiary/aromatic N) is 1. The summed E-state index contributed by atoms with van der Waals surface area (Å²) in [6, 6.07) is 4.69. The predicted molar refractivity (Wildman–Crippen MR) is 76.6 cm³/mol. The van der Waals surface area contributed by atoms with Crippen LogP contribution in [0, 0.1) is 5.82 Å². The van der Waals surface area contributed by atoms with Crippen LogP contribution in [0.15, 0.2) is 36.5 Å². The van der Waals surface area contributed by atoms with E-state index in [-0.39, 0.29) is 11.3 Å². The average molecular weight is 361 g/mol. The molecule has 0 amide bonds. The van der Waals surface area contributed by atoms with E-state index >= 15 is 0 Å². The zero-order chi connectivity index (χ0) is 18.8. The fraction of sp³-hybridized carbons (Fsp3) is 0.250. The minimum absolute atomic E-state index is 0.0565. The highest BCUT2D eigenvalue weighted by Crippen LogP contribution is 2.42. The summed E-state index contributed by atoms with van der Waals surface area (Å²) in [4.78, 5) is 14.9. The van der Waals surface area contributed by atoms with Crippen molar-refractivity contribution in [3.63, 3.8) is 0 Å². The first-order valence-corrected chi connectivity index (χ1v) is 6.84. The van der Waals surface area contributed by atoms with Gasteiger partial charge in [-0.3, -0.25) is 0 Å². The summed E-state index contributed by atoms with van der Waals surface area (Å²) >= 11 is 0. The van der Waals surface area contributed by atoms with Crippen LogP contribution in [-0.2, 0) is 10.4 Å². The maximum absolute atomic E-state index is 13.9. The third kappa shape index (κ3) is 3.86. The minimum Gasteiger partial charge on any atom is -0.465 e. The Morgan fingerprint density at radius 1 is 1.12 bits per heavy atom. The summed E-state index contributed by atoms with van der Waals surface area (Å²) in [6.45, 7) is 0.398. The Kier molecular flexibility index (Phi) is 4.96. The number of rotatable bonds is 4. The van der Waals surface area contributed by atoms with E-state index in [9.17, 15) is 26.7 Å². The maximum atomic E-state index is 13.9. The zero-order valence-corrected chi connectivity index (χ0v) is 13.0. The Bertz CT molecular complexity index is 772. The van der Waals surface area contributed by atoms with Gasteiger partial charge in [0, 0.05) is 6.20 Å². The van der Waals surface area contributed by atoms with Crippen LogP contribution in [0.5, 0.6) is 11.6 Å². The standard InChI is InChI=1S/C16H12F5NO3/c1-15(18,16(19,20)21)10-3-5-11(6-4-10)25-13-12(17)7-9(8-22-13)14(23)24-2/h3-8H,1-2H3. The van der Waals surface area contributed by atoms with Gasteiger partial charge in [-0.1, -0.05) is 12.1 Å². The molecule has 0 bridgehead atoms. The van der Waals surface area contributed by atoms with Gasteiger partial charge in [0.2, 0.25) is 5.67 Å². The molecule has 1 unspecified atom stereocenters. The number of hydrogen-bond donors (Lipinski definition) is 0. The molecule has 0 fully saturated rings. The molecule has 1 aromatic heterocycles. The van der Waals surface area contributed by atoms with Crippen LogP contribution in [-0.4, -0.2) is 24.2 Å². The van der Waals surface area contributed by atoms with Crippen LogP contribution in [0.2, 0.25) is 0 Å². The van der Waals surface area contributed by atoms with Crippen LogP contribution in [0.25, 0.3) is 0 Å². The highest BCUT2D eigenvalue weighted by molar-refractivity contribution is 5.88. The predicted octanol–water partition coefficient (Wildman–Crippen LogP) is 4.55. The molecular formula is C16H12F5NO3. The van der Waals surface area contributed by atoms with Crippen LogP contribution in [0.3, 0.4) is 0 Å². The number of aromatic nitrogens is 1. The highest BCUT2D eigenvalue weighted by atomic mass is 19.4. The van der Waals surface area contributed by atoms with Gasteiger partial charge < -0.3 is 9.47 Å². The van der Waals surface area contributed by atoms with Crippen molar-refractivity contribution in [2.45, 2.75) is 18.8 Å². The van der Waals surface area contributed by atoms with Crippen LogP contribution < -0.4 is 4.74 Å². The third-order valence-corrected chi connectivity index (χ3v) is 3.37. The van der Waals surface area contributed by atoms with Crippen LogP contribution >= 0.6 is 0 Å². The quantitative estimate of drug-likeness (QED) is 0.592. The van der Waals surface area contributed by atoms with Crippen molar-refractivity contribution in [1.82, 2.24) is 4.98 Å². The van der Waals surface area contributed by atoms with Gasteiger partial charge >= 0.3 is 12.1 Å². The molecule has 0 N–H and O–H groups in total. The largest absolute Gasteiger partial charge is 0.465 e. The third-order valence-electron chi connectivity index (χ3n) is 3.37. The molecule has 0 spiro atoms. The van der Waals surface area contributed by atoms with E-state index in [1.165, 1.54) is 0 Å². The molecule has 1 aromatic carbocycles. The molecule has 2 rings (SSSR count). The van der Waals surface area contributed by atoms with E-state index in [4.69, 9.17) is 4.74 Å². The van der Waals surface area contributed by atoms with Gasteiger partial charge in [-0.2, -0.15) is 13.2 Å². The van der Waals surface area contributed by atoms with Crippen molar-refractivity contribution < 1.29 is 36.2 Å². The second-order valence-corrected chi connectivity index (χ2v) is 5.13. The van der Waals surface area contributed by atoms with Crippen molar-refractivity contribution in [2.75, 3.05) is 7.11 Å². The molecule has 1 heterocycles. The van der Waals surface area contributed by atoms with E-state index < -0.39 is 35.1 Å². The number of carbonyl (C=O) groups excluding carboxylic acids is 1. The lowest BCUT2D eigenvalue weighted by Crippen LogP contribution is -2.34. The molecule has 9 heteroatoms. The monoisotopic (exact) mass is 361 g/mol. The summed E-state index contributed by atoms with van der Waals surface area (Å²) in [7, 11) is 1.12. The molecule has 25 heavy (non-hydrogen) atoms. The smallest absolute Gasteiger partial charge is 0.426 e. The van der Waals surface area contributed by atoms with E-state index in [1.807, 2.05) is 0 Å². The number of methoxy groups -OCH3 is 1. The van der Waals surface area contributed by atoms with Gasteiger partial charge in [0.1, 0.15) is 5.75 Å². The van der Waals surface area contributed by atoms with E-state index in [0.29, 0.717) is 6.92 Å². The van der Waals surface area contributed by atoms with E-state index in [1.54, 1.807) is 0 Å². The first-order chi connectivity index (χ1) is 11.6. The number of pyridine rings is 1. The average Bonchev–Trinajstić information content (AvgIpc) is 2.55. The van der Waals surface area contributed by atoms with Crippen molar-refractivity contribution in [3.05, 3.63) is 53.5 Å². The SMILES string of the molecule is COC(=O)c1cnc(Oc2ccc(C(C)(F)C(F)(F)F)cc2)c(F)c1. The highest BCUT2D eigenvalue weighted by Gasteiger charge is 2.53. The fourth-order valence-electron chi connectivity index (χ4n) is 1.84. The van der Waals surface area contributed by atoms with Crippen LogP contribution in [0.4, 0.5) is 22.0 Å². The van der Waals surface area contributed by atoms with Crippen molar-refractivity contribution in [3.8, 4) is 11.6 Å². The number of hydrogen-bond acceptors (Lipinski definition) is 4. The number of carbonyl (C=O) groups is 1. The molecule has 1 atom stereocenters. The molecule has 0 saturated heterocycles. The van der Waals surface area contributed by atoms with Gasteiger partial charge in [0.25, 0.3) is 5.88 Å². The van der Waals surface area contributed by atoms with Gasteiger partial charge in [-0.15, -0.1) is 0 Å². The molecule has 4 nitrogen and oxygen atoms in total. The van der Waals surface area contributed by atoms with E-state index in [2.05, 4.69) is 9.72 Å². The zero-order valence-electron chi connectivity index (χ0n) is 13.0. The van der Waals surface area contributed by atoms with Crippen molar-refractivity contribution in [2.24, 2.45) is 0 Å². The molecule has 0 aliphatic rings. The Morgan fingerprint density at radius 3 is 2.20 bits per heavy atom. The van der Waals surface area contributed by atoms with E-state index in [0.717, 1.165) is 43.6 Å². The number of benzene rings is 1. The number of halogens is 5. The molecule has 0 saturated carbocycles. The van der Waals surface area contributed by atoms with Gasteiger partial charge in [-0.25, -0.2) is 18.6 Å². The lowest BCUT2D eigenvalue weighted by molar-refractivity contribution is -0.228. The molecule has 0 aliphatic carbocycles. The maximum Gasteiger partial charge on any atom is 0.426 e. The lowest BCUT2D eigenvalue weighted by atomic mass is 9.97. The summed E-state index contributed by atoms with van der Waals surface area (Å²) in [5.41, 5.74) is -4.29. The molecule has 2 aromatic rings. The Hall–Kier alpha value is -2.71. The second kappa shape index (κ2) is 6.66. The van der Waals surface area contributed by atoms with Crippen LogP contribution in [0.1, 0.15) is 22.8 Å².